The molecule has 8 heteroatoms. The van der Waals surface area contributed by atoms with Crippen molar-refractivity contribution in [3.63, 3.8) is 0 Å². The van der Waals surface area contributed by atoms with Crippen LogP contribution in [0.3, 0.4) is 0 Å². The van der Waals surface area contributed by atoms with Gasteiger partial charge in [-0.15, -0.1) is 0 Å². The highest BCUT2D eigenvalue weighted by Gasteiger charge is 2.36. The molecule has 1 aliphatic heterocycles. The Balaban J connectivity index is 2.26. The van der Waals surface area contributed by atoms with E-state index in [2.05, 4.69) is 10.6 Å². The third kappa shape index (κ3) is 6.44. The number of hydrogen-bond donors (Lipinski definition) is 2. The van der Waals surface area contributed by atoms with Crippen molar-refractivity contribution in [1.82, 2.24) is 15.5 Å². The first kappa shape index (κ1) is 22.1. The molecule has 0 aliphatic carbocycles. The zero-order valence-electron chi connectivity index (χ0n) is 16.9. The molecule has 2 N–H and O–H groups in total. The predicted molar refractivity (Wildman–Crippen MR) is 107 cm³/mol. The van der Waals surface area contributed by atoms with Gasteiger partial charge in [-0.3, -0.25) is 19.2 Å². The lowest BCUT2D eigenvalue weighted by molar-refractivity contribution is -0.154. The lowest BCUT2D eigenvalue weighted by Crippen LogP contribution is -2.59. The van der Waals surface area contributed by atoms with Crippen LogP contribution < -0.4 is 10.6 Å². The maximum absolute atomic E-state index is 13.2. The number of piperazine rings is 1. The van der Waals surface area contributed by atoms with E-state index in [-0.39, 0.29) is 31.3 Å². The first-order chi connectivity index (χ1) is 13.8. The van der Waals surface area contributed by atoms with Crippen LogP contribution in [0.1, 0.15) is 39.2 Å². The van der Waals surface area contributed by atoms with Crippen LogP contribution in [0, 0.1) is 0 Å². The van der Waals surface area contributed by atoms with E-state index in [1.165, 1.54) is 11.8 Å². The molecule has 1 aromatic carbocycles. The summed E-state index contributed by atoms with van der Waals surface area (Å²) >= 11 is 0. The molecule has 8 nitrogen and oxygen atoms in total. The molecule has 1 aromatic rings. The first-order valence-corrected chi connectivity index (χ1v) is 9.64. The normalized spacial score (nSPS) is 17.9. The topological polar surface area (TPSA) is 105 Å². The lowest BCUT2D eigenvalue weighted by Gasteiger charge is -2.35. The molecule has 0 saturated carbocycles. The Bertz CT molecular complexity index is 791. The third-order valence-electron chi connectivity index (χ3n) is 4.51. The number of ether oxygens (including phenoxy) is 1. The lowest BCUT2D eigenvalue weighted by atomic mass is 10.1. The van der Waals surface area contributed by atoms with E-state index in [0.717, 1.165) is 5.56 Å². The molecule has 3 amide bonds. The fourth-order valence-electron chi connectivity index (χ4n) is 2.89. The van der Waals surface area contributed by atoms with Gasteiger partial charge in [-0.25, -0.2) is 0 Å². The van der Waals surface area contributed by atoms with E-state index >= 15 is 0 Å². The van der Waals surface area contributed by atoms with Crippen LogP contribution in [0.4, 0.5) is 0 Å². The van der Waals surface area contributed by atoms with Crippen molar-refractivity contribution in [3.8, 4) is 0 Å². The monoisotopic (exact) mass is 401 g/mol. The van der Waals surface area contributed by atoms with Crippen LogP contribution in [-0.4, -0.2) is 53.8 Å². The number of benzene rings is 1. The summed E-state index contributed by atoms with van der Waals surface area (Å²) in [6.07, 6.45) is 1.68. The van der Waals surface area contributed by atoms with Gasteiger partial charge < -0.3 is 20.3 Å². The summed E-state index contributed by atoms with van der Waals surface area (Å²) in [4.78, 5) is 50.7. The highest BCUT2D eigenvalue weighted by molar-refractivity contribution is 6.03. The number of hydrogen-bond acceptors (Lipinski definition) is 5. The number of amides is 3. The Hall–Kier alpha value is -3.16. The molecule has 0 radical (unpaired) electrons. The standard InChI is InChI=1S/C21H27N3O5/c1-4-14(2)29-19(26)13-18-20(27)22-10-11-24(18)21(28)17(23-15(3)25)12-16-8-6-5-7-9-16/h5-9,12,14,18H,4,10-11,13H2,1-3H3,(H,22,27)(H,23,25)/b17-12-. The molecule has 1 saturated heterocycles. The van der Waals surface area contributed by atoms with E-state index < -0.39 is 29.7 Å². The van der Waals surface area contributed by atoms with Gasteiger partial charge in [-0.1, -0.05) is 37.3 Å². The van der Waals surface area contributed by atoms with Crippen molar-refractivity contribution in [3.05, 3.63) is 41.6 Å². The number of carbonyl (C=O) groups is 4. The Morgan fingerprint density at radius 2 is 2.00 bits per heavy atom. The van der Waals surface area contributed by atoms with Gasteiger partial charge in [0.05, 0.1) is 12.5 Å². The van der Waals surface area contributed by atoms with Crippen LogP contribution in [-0.2, 0) is 23.9 Å². The van der Waals surface area contributed by atoms with Gasteiger partial charge in [-0.2, -0.15) is 0 Å². The highest BCUT2D eigenvalue weighted by Crippen LogP contribution is 2.16. The second kappa shape index (κ2) is 10.4. The average Bonchev–Trinajstić information content (AvgIpc) is 2.68. The van der Waals surface area contributed by atoms with Crippen LogP contribution >= 0.6 is 0 Å². The van der Waals surface area contributed by atoms with E-state index in [1.807, 2.05) is 25.1 Å². The Kier molecular flexibility index (Phi) is 7.94. The summed E-state index contributed by atoms with van der Waals surface area (Å²) < 4.78 is 5.26. The molecule has 0 aromatic heterocycles. The number of nitrogens with zero attached hydrogens (tertiary/aromatic N) is 1. The van der Waals surface area contributed by atoms with Crippen LogP contribution in [0.5, 0.6) is 0 Å². The quantitative estimate of drug-likeness (QED) is 0.528. The van der Waals surface area contributed by atoms with Gasteiger partial charge in [0.15, 0.2) is 0 Å². The number of esters is 1. The molecule has 1 fully saturated rings. The van der Waals surface area contributed by atoms with E-state index in [0.29, 0.717) is 6.42 Å². The summed E-state index contributed by atoms with van der Waals surface area (Å²) in [7, 11) is 0. The third-order valence-corrected chi connectivity index (χ3v) is 4.51. The Morgan fingerprint density at radius 1 is 1.31 bits per heavy atom. The average molecular weight is 401 g/mol. The maximum atomic E-state index is 13.2. The van der Waals surface area contributed by atoms with Crippen molar-refractivity contribution < 1.29 is 23.9 Å². The molecule has 0 spiro atoms. The van der Waals surface area contributed by atoms with E-state index in [4.69, 9.17) is 4.74 Å². The maximum Gasteiger partial charge on any atom is 0.308 e. The zero-order chi connectivity index (χ0) is 21.4. The number of rotatable bonds is 7. The largest absolute Gasteiger partial charge is 0.463 e. The van der Waals surface area contributed by atoms with Crippen molar-refractivity contribution in [2.45, 2.75) is 45.8 Å². The van der Waals surface area contributed by atoms with Crippen molar-refractivity contribution in [1.29, 1.82) is 0 Å². The van der Waals surface area contributed by atoms with Gasteiger partial charge in [0.1, 0.15) is 11.7 Å². The van der Waals surface area contributed by atoms with E-state index in [9.17, 15) is 19.2 Å². The molecule has 156 valence electrons. The molecular formula is C21H27N3O5. The zero-order valence-corrected chi connectivity index (χ0v) is 16.9. The van der Waals surface area contributed by atoms with Crippen LogP contribution in [0.25, 0.3) is 6.08 Å². The predicted octanol–water partition coefficient (Wildman–Crippen LogP) is 1.22. The fourth-order valence-corrected chi connectivity index (χ4v) is 2.89. The molecule has 2 atom stereocenters. The van der Waals surface area contributed by atoms with Gasteiger partial charge in [0.2, 0.25) is 11.8 Å². The summed E-state index contributed by atoms with van der Waals surface area (Å²) in [6.45, 7) is 5.43. The molecule has 1 aliphatic rings. The molecule has 1 heterocycles. The fraction of sp³-hybridized carbons (Fsp3) is 0.429. The van der Waals surface area contributed by atoms with Crippen molar-refractivity contribution in [2.24, 2.45) is 0 Å². The second-order valence-corrected chi connectivity index (χ2v) is 6.87. The number of carbonyl (C=O) groups excluding carboxylic acids is 4. The minimum absolute atomic E-state index is 0.0405. The summed E-state index contributed by atoms with van der Waals surface area (Å²) in [5.41, 5.74) is 0.762. The summed E-state index contributed by atoms with van der Waals surface area (Å²) in [5.74, 6) is -1.91. The Morgan fingerprint density at radius 3 is 2.62 bits per heavy atom. The molecular weight excluding hydrogens is 374 g/mol. The SMILES string of the molecule is CCC(C)OC(=O)CC1C(=O)NCCN1C(=O)/C(=C/c1ccccc1)NC(C)=O. The second-order valence-electron chi connectivity index (χ2n) is 6.87. The van der Waals surface area contributed by atoms with Gasteiger partial charge in [-0.05, 0) is 25.0 Å². The summed E-state index contributed by atoms with van der Waals surface area (Å²) in [6, 6.07) is 8.04. The van der Waals surface area contributed by atoms with Gasteiger partial charge >= 0.3 is 5.97 Å². The molecule has 2 rings (SSSR count). The van der Waals surface area contributed by atoms with Crippen LogP contribution in [0.15, 0.2) is 36.0 Å². The first-order valence-electron chi connectivity index (χ1n) is 9.64. The van der Waals surface area contributed by atoms with Crippen molar-refractivity contribution >= 4 is 29.8 Å². The van der Waals surface area contributed by atoms with Crippen LogP contribution in [0.2, 0.25) is 0 Å². The smallest absolute Gasteiger partial charge is 0.308 e. The number of nitrogens with one attached hydrogen (secondary N) is 2. The van der Waals surface area contributed by atoms with E-state index in [1.54, 1.807) is 25.1 Å². The molecule has 29 heavy (non-hydrogen) atoms. The Labute approximate surface area is 170 Å². The molecule has 2 unspecified atom stereocenters. The van der Waals surface area contributed by atoms with Gasteiger partial charge in [0.25, 0.3) is 5.91 Å². The summed E-state index contributed by atoms with van der Waals surface area (Å²) in [5, 5.41) is 5.21. The minimum Gasteiger partial charge on any atom is -0.463 e. The highest BCUT2D eigenvalue weighted by atomic mass is 16.5. The van der Waals surface area contributed by atoms with Gasteiger partial charge in [0, 0.05) is 20.0 Å². The molecule has 0 bridgehead atoms. The van der Waals surface area contributed by atoms with Crippen molar-refractivity contribution in [2.75, 3.05) is 13.1 Å². The minimum atomic E-state index is -0.999.